The molecular formula is C11H20N4OS. The molecule has 1 unspecified atom stereocenters. The summed E-state index contributed by atoms with van der Waals surface area (Å²) < 4.78 is 0. The van der Waals surface area contributed by atoms with Gasteiger partial charge in [-0.2, -0.15) is 0 Å². The number of aromatic nitrogens is 1. The van der Waals surface area contributed by atoms with Gasteiger partial charge in [0.05, 0.1) is 0 Å². The summed E-state index contributed by atoms with van der Waals surface area (Å²) in [6.07, 6.45) is 0.871. The van der Waals surface area contributed by atoms with E-state index in [2.05, 4.69) is 24.1 Å². The molecule has 1 rings (SSSR count). The summed E-state index contributed by atoms with van der Waals surface area (Å²) >= 11 is 1.40. The van der Waals surface area contributed by atoms with Crippen LogP contribution in [-0.2, 0) is 6.54 Å². The van der Waals surface area contributed by atoms with Gasteiger partial charge < -0.3 is 16.8 Å². The fourth-order valence-electron chi connectivity index (χ4n) is 1.55. The third-order valence-corrected chi connectivity index (χ3v) is 3.21. The highest BCUT2D eigenvalue weighted by molar-refractivity contribution is 7.09. The molecule has 6 heteroatoms. The van der Waals surface area contributed by atoms with Crippen LogP contribution >= 0.6 is 11.3 Å². The minimum absolute atomic E-state index is 0.00512. The molecule has 5 N–H and O–H groups in total. The summed E-state index contributed by atoms with van der Waals surface area (Å²) in [6.45, 7) is 5.01. The van der Waals surface area contributed by atoms with Crippen molar-refractivity contribution < 1.29 is 4.79 Å². The molecule has 1 atom stereocenters. The highest BCUT2D eigenvalue weighted by atomic mass is 32.1. The molecule has 1 heterocycles. The normalized spacial score (nSPS) is 12.8. The second-order valence-electron chi connectivity index (χ2n) is 4.37. The Labute approximate surface area is 106 Å². The van der Waals surface area contributed by atoms with Crippen molar-refractivity contribution in [3.05, 3.63) is 16.1 Å². The Morgan fingerprint density at radius 2 is 2.24 bits per heavy atom. The minimum atomic E-state index is -0.169. The van der Waals surface area contributed by atoms with Crippen molar-refractivity contribution >= 4 is 17.2 Å². The van der Waals surface area contributed by atoms with Gasteiger partial charge in [0.25, 0.3) is 5.91 Å². The molecule has 0 bridgehead atoms. The number of carbonyl (C=O) groups excluding carboxylic acids is 1. The molecule has 17 heavy (non-hydrogen) atoms. The number of nitrogens with zero attached hydrogens (tertiary/aromatic N) is 1. The second-order valence-corrected chi connectivity index (χ2v) is 5.31. The standard InChI is InChI=1S/C11H20N4OS/c1-7(2)3-8(4-12)14-11(16)9-6-17-10(5-13)15-9/h6-8H,3-5,12-13H2,1-2H3,(H,14,16). The molecule has 1 aromatic heterocycles. The SMILES string of the molecule is CC(C)CC(CN)NC(=O)c1csc(CN)n1. The van der Waals surface area contributed by atoms with Gasteiger partial charge in [0, 0.05) is 24.5 Å². The number of rotatable bonds is 6. The third-order valence-electron chi connectivity index (χ3n) is 2.33. The van der Waals surface area contributed by atoms with Gasteiger partial charge in [-0.25, -0.2) is 4.98 Å². The fraction of sp³-hybridized carbons (Fsp3) is 0.636. The number of carbonyl (C=O) groups is 1. The van der Waals surface area contributed by atoms with Gasteiger partial charge in [-0.05, 0) is 12.3 Å². The van der Waals surface area contributed by atoms with Crippen LogP contribution in [-0.4, -0.2) is 23.5 Å². The molecule has 0 saturated heterocycles. The molecule has 1 aromatic rings. The van der Waals surface area contributed by atoms with Gasteiger partial charge in [-0.1, -0.05) is 13.8 Å². The van der Waals surface area contributed by atoms with E-state index >= 15 is 0 Å². The predicted molar refractivity (Wildman–Crippen MR) is 69.8 cm³/mol. The smallest absolute Gasteiger partial charge is 0.271 e. The van der Waals surface area contributed by atoms with Crippen molar-refractivity contribution in [2.45, 2.75) is 32.9 Å². The van der Waals surface area contributed by atoms with Crippen LogP contribution in [0.5, 0.6) is 0 Å². The molecule has 0 saturated carbocycles. The second kappa shape index (κ2) is 6.68. The summed E-state index contributed by atoms with van der Waals surface area (Å²) in [5, 5.41) is 5.38. The molecule has 0 aromatic carbocycles. The minimum Gasteiger partial charge on any atom is -0.347 e. The Balaban J connectivity index is 2.57. The molecule has 0 spiro atoms. The van der Waals surface area contributed by atoms with E-state index in [9.17, 15) is 4.79 Å². The number of nitrogens with two attached hydrogens (primary N) is 2. The van der Waals surface area contributed by atoms with Gasteiger partial charge in [0.2, 0.25) is 0 Å². The molecule has 0 aliphatic rings. The van der Waals surface area contributed by atoms with E-state index in [1.807, 2.05) is 0 Å². The average molecular weight is 256 g/mol. The maximum atomic E-state index is 11.9. The zero-order chi connectivity index (χ0) is 12.8. The number of thiazole rings is 1. The third kappa shape index (κ3) is 4.41. The van der Waals surface area contributed by atoms with Crippen LogP contribution in [0.25, 0.3) is 0 Å². The van der Waals surface area contributed by atoms with Crippen LogP contribution in [0.15, 0.2) is 5.38 Å². The predicted octanol–water partition coefficient (Wildman–Crippen LogP) is 0.705. The van der Waals surface area contributed by atoms with Gasteiger partial charge in [-0.15, -0.1) is 11.3 Å². The average Bonchev–Trinajstić information content (AvgIpc) is 2.75. The number of hydrogen-bond donors (Lipinski definition) is 3. The number of hydrogen-bond acceptors (Lipinski definition) is 5. The van der Waals surface area contributed by atoms with E-state index < -0.39 is 0 Å². The Morgan fingerprint density at radius 1 is 1.53 bits per heavy atom. The van der Waals surface area contributed by atoms with Gasteiger partial charge in [0.15, 0.2) is 0 Å². The lowest BCUT2D eigenvalue weighted by atomic mass is 10.0. The highest BCUT2D eigenvalue weighted by Crippen LogP contribution is 2.10. The molecule has 96 valence electrons. The largest absolute Gasteiger partial charge is 0.347 e. The van der Waals surface area contributed by atoms with Crippen LogP contribution in [0, 0.1) is 5.92 Å². The monoisotopic (exact) mass is 256 g/mol. The Morgan fingerprint density at radius 3 is 2.71 bits per heavy atom. The van der Waals surface area contributed by atoms with Crippen molar-refractivity contribution in [2.75, 3.05) is 6.54 Å². The van der Waals surface area contributed by atoms with E-state index in [0.29, 0.717) is 24.7 Å². The van der Waals surface area contributed by atoms with E-state index in [1.165, 1.54) is 11.3 Å². The zero-order valence-corrected chi connectivity index (χ0v) is 11.1. The van der Waals surface area contributed by atoms with Crippen molar-refractivity contribution in [2.24, 2.45) is 17.4 Å². The first-order valence-electron chi connectivity index (χ1n) is 5.72. The summed E-state index contributed by atoms with van der Waals surface area (Å²) in [6, 6.07) is 0.00512. The first-order chi connectivity index (χ1) is 8.06. The summed E-state index contributed by atoms with van der Waals surface area (Å²) in [5.41, 5.74) is 11.5. The van der Waals surface area contributed by atoms with E-state index in [4.69, 9.17) is 11.5 Å². The Hall–Kier alpha value is -0.980. The molecule has 1 amide bonds. The van der Waals surface area contributed by atoms with Gasteiger partial charge in [-0.3, -0.25) is 4.79 Å². The number of nitrogens with one attached hydrogen (secondary N) is 1. The molecule has 0 aliphatic heterocycles. The fourth-order valence-corrected chi connectivity index (χ4v) is 2.21. The van der Waals surface area contributed by atoms with Crippen LogP contribution < -0.4 is 16.8 Å². The summed E-state index contributed by atoms with van der Waals surface area (Å²) in [7, 11) is 0. The maximum Gasteiger partial charge on any atom is 0.271 e. The maximum absolute atomic E-state index is 11.9. The van der Waals surface area contributed by atoms with Crippen molar-refractivity contribution in [1.82, 2.24) is 10.3 Å². The Bertz CT molecular complexity index is 364. The van der Waals surface area contributed by atoms with Gasteiger partial charge >= 0.3 is 0 Å². The summed E-state index contributed by atoms with van der Waals surface area (Å²) in [4.78, 5) is 16.0. The summed E-state index contributed by atoms with van der Waals surface area (Å²) in [5.74, 6) is 0.330. The van der Waals surface area contributed by atoms with Crippen LogP contribution in [0.4, 0.5) is 0 Å². The lowest BCUT2D eigenvalue weighted by molar-refractivity contribution is 0.0929. The molecular weight excluding hydrogens is 236 g/mol. The molecule has 0 aliphatic carbocycles. The van der Waals surface area contributed by atoms with Crippen LogP contribution in [0.2, 0.25) is 0 Å². The molecule has 5 nitrogen and oxygen atoms in total. The quantitative estimate of drug-likeness (QED) is 0.698. The van der Waals surface area contributed by atoms with E-state index in [0.717, 1.165) is 11.4 Å². The van der Waals surface area contributed by atoms with Crippen molar-refractivity contribution in [3.63, 3.8) is 0 Å². The highest BCUT2D eigenvalue weighted by Gasteiger charge is 2.15. The van der Waals surface area contributed by atoms with E-state index in [-0.39, 0.29) is 11.9 Å². The Kier molecular flexibility index (Phi) is 5.54. The first kappa shape index (κ1) is 14.1. The van der Waals surface area contributed by atoms with Crippen molar-refractivity contribution in [3.8, 4) is 0 Å². The first-order valence-corrected chi connectivity index (χ1v) is 6.60. The molecule has 0 fully saturated rings. The lowest BCUT2D eigenvalue weighted by Crippen LogP contribution is -2.41. The van der Waals surface area contributed by atoms with E-state index in [1.54, 1.807) is 5.38 Å². The van der Waals surface area contributed by atoms with Crippen LogP contribution in [0.1, 0.15) is 35.8 Å². The lowest BCUT2D eigenvalue weighted by Gasteiger charge is -2.18. The van der Waals surface area contributed by atoms with Crippen LogP contribution in [0.3, 0.4) is 0 Å². The van der Waals surface area contributed by atoms with Gasteiger partial charge in [0.1, 0.15) is 10.7 Å². The van der Waals surface area contributed by atoms with Crippen molar-refractivity contribution in [1.29, 1.82) is 0 Å². The topological polar surface area (TPSA) is 94.0 Å². The zero-order valence-electron chi connectivity index (χ0n) is 10.3. The molecule has 0 radical (unpaired) electrons. The number of amides is 1.